The molecule has 1 N–H and O–H groups in total. The number of ether oxygens (including phenoxy) is 2. The fourth-order valence-corrected chi connectivity index (χ4v) is 3.22. The van der Waals surface area contributed by atoms with Crippen molar-refractivity contribution in [2.75, 3.05) is 32.2 Å². The summed E-state index contributed by atoms with van der Waals surface area (Å²) in [5.41, 5.74) is 3.78. The van der Waals surface area contributed by atoms with E-state index in [1.807, 2.05) is 26.4 Å². The van der Waals surface area contributed by atoms with Crippen molar-refractivity contribution in [3.8, 4) is 0 Å². The molecule has 0 saturated carbocycles. The summed E-state index contributed by atoms with van der Waals surface area (Å²) in [7, 11) is 3.72. The van der Waals surface area contributed by atoms with Crippen LogP contribution in [0.15, 0.2) is 17.1 Å². The van der Waals surface area contributed by atoms with Crippen LogP contribution in [0.25, 0.3) is 0 Å². The van der Waals surface area contributed by atoms with Gasteiger partial charge in [-0.15, -0.1) is 11.3 Å². The van der Waals surface area contributed by atoms with Gasteiger partial charge in [-0.25, -0.2) is 15.0 Å². The average molecular weight is 377 g/mol. The maximum Gasteiger partial charge on any atom is 0.255 e. The Morgan fingerprint density at radius 3 is 3.00 bits per heavy atom. The minimum atomic E-state index is -0.211. The number of anilines is 1. The van der Waals surface area contributed by atoms with Crippen LogP contribution in [0.1, 0.15) is 28.2 Å². The van der Waals surface area contributed by atoms with E-state index in [1.165, 1.54) is 11.3 Å². The second-order valence-corrected chi connectivity index (χ2v) is 7.05. The third-order valence-electron chi connectivity index (χ3n) is 4.16. The van der Waals surface area contributed by atoms with E-state index in [4.69, 9.17) is 9.47 Å². The summed E-state index contributed by atoms with van der Waals surface area (Å²) in [4.78, 5) is 27.3. The van der Waals surface area contributed by atoms with Gasteiger partial charge in [0.15, 0.2) is 0 Å². The third-order valence-corrected chi connectivity index (χ3v) is 4.80. The smallest absolute Gasteiger partial charge is 0.255 e. The molecule has 0 spiro atoms. The average Bonchev–Trinajstić information content (AvgIpc) is 3.14. The van der Waals surface area contributed by atoms with Crippen LogP contribution < -0.4 is 10.2 Å². The van der Waals surface area contributed by atoms with Gasteiger partial charge in [0, 0.05) is 32.3 Å². The molecule has 3 heterocycles. The van der Waals surface area contributed by atoms with Crippen LogP contribution in [0.3, 0.4) is 0 Å². The first-order valence-corrected chi connectivity index (χ1v) is 9.37. The molecule has 1 saturated heterocycles. The zero-order valence-corrected chi connectivity index (χ0v) is 16.0. The minimum Gasteiger partial charge on any atom is -0.379 e. The molecule has 0 aromatic carbocycles. The zero-order valence-electron chi connectivity index (χ0n) is 15.1. The molecule has 2 atom stereocenters. The number of carbonyl (C=O) groups excluding carboxylic acids is 1. The lowest BCUT2D eigenvalue weighted by Crippen LogP contribution is -2.50. The quantitative estimate of drug-likeness (QED) is 0.814. The number of amides is 1. The number of thiazole rings is 1. The standard InChI is InChI=1S/C17H23N5O3S/c1-11-13(6-18-17(20-11)22(2)3)16(23)21-14-4-5-24-8-15(14)25-7-12-9-26-10-19-12/h6,9-10,14-15H,4-5,7-8H2,1-3H3,(H,21,23)/t14-,15-/m1/s1. The Morgan fingerprint density at radius 2 is 2.31 bits per heavy atom. The molecule has 1 fully saturated rings. The molecule has 9 heteroatoms. The molecule has 2 aromatic heterocycles. The Morgan fingerprint density at radius 1 is 1.46 bits per heavy atom. The van der Waals surface area contributed by atoms with Gasteiger partial charge in [0.1, 0.15) is 6.10 Å². The number of nitrogens with one attached hydrogen (secondary N) is 1. The Hall–Kier alpha value is -2.10. The van der Waals surface area contributed by atoms with Gasteiger partial charge in [0.25, 0.3) is 5.91 Å². The molecule has 0 radical (unpaired) electrons. The topological polar surface area (TPSA) is 89.5 Å². The number of hydrogen-bond acceptors (Lipinski definition) is 8. The van der Waals surface area contributed by atoms with Gasteiger partial charge in [0.05, 0.1) is 41.7 Å². The molecular formula is C17H23N5O3S. The molecule has 0 unspecified atom stereocenters. The molecule has 8 nitrogen and oxygen atoms in total. The summed E-state index contributed by atoms with van der Waals surface area (Å²) in [6, 6.07) is -0.122. The second kappa shape index (κ2) is 8.52. The van der Waals surface area contributed by atoms with Crippen molar-refractivity contribution in [2.24, 2.45) is 0 Å². The fraction of sp³-hybridized carbons (Fsp3) is 0.529. The van der Waals surface area contributed by atoms with Crippen molar-refractivity contribution in [2.45, 2.75) is 32.1 Å². The molecule has 2 aromatic rings. The largest absolute Gasteiger partial charge is 0.379 e. The second-order valence-electron chi connectivity index (χ2n) is 6.34. The maximum atomic E-state index is 12.7. The van der Waals surface area contributed by atoms with Gasteiger partial charge < -0.3 is 19.7 Å². The van der Waals surface area contributed by atoms with Crippen LogP contribution in [0.2, 0.25) is 0 Å². The van der Waals surface area contributed by atoms with Crippen molar-refractivity contribution in [1.29, 1.82) is 0 Å². The first-order chi connectivity index (χ1) is 12.5. The predicted molar refractivity (Wildman–Crippen MR) is 98.5 cm³/mol. The van der Waals surface area contributed by atoms with Gasteiger partial charge in [-0.05, 0) is 13.3 Å². The van der Waals surface area contributed by atoms with E-state index < -0.39 is 0 Å². The van der Waals surface area contributed by atoms with E-state index in [-0.39, 0.29) is 18.1 Å². The molecule has 0 bridgehead atoms. The van der Waals surface area contributed by atoms with E-state index in [0.29, 0.717) is 43.4 Å². The van der Waals surface area contributed by atoms with E-state index in [0.717, 1.165) is 5.69 Å². The van der Waals surface area contributed by atoms with E-state index in [2.05, 4.69) is 20.3 Å². The lowest BCUT2D eigenvalue weighted by molar-refractivity contribution is -0.0742. The fourth-order valence-electron chi connectivity index (χ4n) is 2.68. The van der Waals surface area contributed by atoms with Crippen molar-refractivity contribution < 1.29 is 14.3 Å². The Balaban J connectivity index is 1.64. The van der Waals surface area contributed by atoms with Gasteiger partial charge in [0.2, 0.25) is 5.95 Å². The lowest BCUT2D eigenvalue weighted by atomic mass is 10.1. The molecule has 0 aliphatic carbocycles. The zero-order chi connectivity index (χ0) is 18.5. The Bertz CT molecular complexity index is 738. The molecule has 1 amide bonds. The van der Waals surface area contributed by atoms with Gasteiger partial charge in [-0.3, -0.25) is 4.79 Å². The molecule has 1 aliphatic rings. The van der Waals surface area contributed by atoms with Gasteiger partial charge in [-0.1, -0.05) is 0 Å². The van der Waals surface area contributed by atoms with Crippen LogP contribution in [0, 0.1) is 6.92 Å². The number of aromatic nitrogens is 3. The molecular weight excluding hydrogens is 354 g/mol. The highest BCUT2D eigenvalue weighted by atomic mass is 32.1. The summed E-state index contributed by atoms with van der Waals surface area (Å²) < 4.78 is 11.4. The van der Waals surface area contributed by atoms with Gasteiger partial charge >= 0.3 is 0 Å². The van der Waals surface area contributed by atoms with Crippen molar-refractivity contribution >= 4 is 23.2 Å². The lowest BCUT2D eigenvalue weighted by Gasteiger charge is -2.32. The number of aryl methyl sites for hydroxylation is 1. The Kier molecular flexibility index (Phi) is 6.12. The summed E-state index contributed by atoms with van der Waals surface area (Å²) >= 11 is 1.53. The van der Waals surface area contributed by atoms with Crippen molar-refractivity contribution in [1.82, 2.24) is 20.3 Å². The minimum absolute atomic E-state index is 0.122. The van der Waals surface area contributed by atoms with Crippen molar-refractivity contribution in [3.63, 3.8) is 0 Å². The predicted octanol–water partition coefficient (Wildman–Crippen LogP) is 1.41. The number of rotatable bonds is 6. The van der Waals surface area contributed by atoms with Crippen LogP contribution in [-0.2, 0) is 16.1 Å². The van der Waals surface area contributed by atoms with Gasteiger partial charge in [-0.2, -0.15) is 0 Å². The van der Waals surface area contributed by atoms with E-state index in [1.54, 1.807) is 16.6 Å². The summed E-state index contributed by atoms with van der Waals surface area (Å²) in [5.74, 6) is 0.386. The molecule has 1 aliphatic heterocycles. The van der Waals surface area contributed by atoms with Crippen LogP contribution in [-0.4, -0.2) is 60.3 Å². The highest BCUT2D eigenvalue weighted by molar-refractivity contribution is 7.07. The maximum absolute atomic E-state index is 12.7. The first kappa shape index (κ1) is 18.7. The summed E-state index contributed by atoms with van der Waals surface area (Å²) in [6.07, 6.45) is 2.05. The highest BCUT2D eigenvalue weighted by Crippen LogP contribution is 2.16. The molecule has 140 valence electrons. The SMILES string of the molecule is Cc1nc(N(C)C)ncc1C(=O)N[C@@H]1CCOC[C@H]1OCc1cscn1. The highest BCUT2D eigenvalue weighted by Gasteiger charge is 2.29. The first-order valence-electron chi connectivity index (χ1n) is 8.43. The van der Waals surface area contributed by atoms with Crippen LogP contribution >= 0.6 is 11.3 Å². The Labute approximate surface area is 156 Å². The normalized spacial score (nSPS) is 20.0. The van der Waals surface area contributed by atoms with Crippen molar-refractivity contribution in [3.05, 3.63) is 34.0 Å². The monoisotopic (exact) mass is 377 g/mol. The van der Waals surface area contributed by atoms with E-state index >= 15 is 0 Å². The number of nitrogens with zero attached hydrogens (tertiary/aromatic N) is 4. The van der Waals surface area contributed by atoms with Crippen LogP contribution in [0.5, 0.6) is 0 Å². The molecule has 3 rings (SSSR count). The number of carbonyl (C=O) groups is 1. The summed E-state index contributed by atoms with van der Waals surface area (Å²) in [5, 5.41) is 5.00. The third kappa shape index (κ3) is 4.54. The van der Waals surface area contributed by atoms with Crippen LogP contribution in [0.4, 0.5) is 5.95 Å². The summed E-state index contributed by atoms with van der Waals surface area (Å²) in [6.45, 7) is 3.26. The number of hydrogen-bond donors (Lipinski definition) is 1. The van der Waals surface area contributed by atoms with E-state index in [9.17, 15) is 4.79 Å². The molecule has 26 heavy (non-hydrogen) atoms.